The van der Waals surface area contributed by atoms with Gasteiger partial charge in [0, 0.05) is 11.1 Å². The number of para-hydroxylation sites is 1. The number of hydrogen-bond acceptors (Lipinski definition) is 2. The number of methoxy groups -OCH3 is 1. The van der Waals surface area contributed by atoms with Gasteiger partial charge in [0.15, 0.2) is 0 Å². The maximum atomic E-state index is 14.0. The Morgan fingerprint density at radius 3 is 2.60 bits per heavy atom. The first-order valence-corrected chi connectivity index (χ1v) is 6.69. The van der Waals surface area contributed by atoms with Crippen molar-refractivity contribution in [2.24, 2.45) is 5.73 Å². The summed E-state index contributed by atoms with van der Waals surface area (Å²) in [7, 11) is 1.59. The Morgan fingerprint density at radius 1 is 1.20 bits per heavy atom. The van der Waals surface area contributed by atoms with Crippen LogP contribution >= 0.6 is 11.6 Å². The molecule has 0 saturated heterocycles. The van der Waals surface area contributed by atoms with Crippen molar-refractivity contribution in [3.63, 3.8) is 0 Å². The molecule has 2 rings (SSSR count). The van der Waals surface area contributed by atoms with E-state index in [9.17, 15) is 4.39 Å². The normalized spacial score (nSPS) is 13.8. The number of ether oxygens (including phenoxy) is 1. The molecule has 0 aliphatic heterocycles. The summed E-state index contributed by atoms with van der Waals surface area (Å²) in [5.74, 6) is 0.278. The molecule has 20 heavy (non-hydrogen) atoms. The fourth-order valence-corrected chi connectivity index (χ4v) is 2.49. The molecule has 0 amide bonds. The lowest BCUT2D eigenvalue weighted by Gasteiger charge is -2.27. The van der Waals surface area contributed by atoms with Crippen molar-refractivity contribution >= 4 is 11.6 Å². The van der Waals surface area contributed by atoms with Gasteiger partial charge in [-0.1, -0.05) is 41.9 Å². The lowest BCUT2D eigenvalue weighted by molar-refractivity contribution is 0.384. The maximum Gasteiger partial charge on any atom is 0.145 e. The van der Waals surface area contributed by atoms with E-state index in [1.165, 1.54) is 6.07 Å². The summed E-state index contributed by atoms with van der Waals surface area (Å²) in [5, 5.41) is 0.110. The third kappa shape index (κ3) is 2.94. The molecule has 2 nitrogen and oxygen atoms in total. The Bertz CT molecular complexity index is 613. The van der Waals surface area contributed by atoms with Gasteiger partial charge in [0.05, 0.1) is 12.1 Å². The highest BCUT2D eigenvalue weighted by atomic mass is 35.5. The molecule has 0 aromatic heterocycles. The molecule has 0 spiro atoms. The van der Waals surface area contributed by atoms with Gasteiger partial charge in [0.2, 0.25) is 0 Å². The molecule has 1 unspecified atom stereocenters. The summed E-state index contributed by atoms with van der Waals surface area (Å²) >= 11 is 5.81. The first-order chi connectivity index (χ1) is 9.45. The minimum Gasteiger partial charge on any atom is -0.496 e. The van der Waals surface area contributed by atoms with Crippen LogP contribution in [0.5, 0.6) is 5.75 Å². The predicted octanol–water partition coefficient (Wildman–Crippen LogP) is 3.90. The minimum absolute atomic E-state index is 0.110. The monoisotopic (exact) mass is 293 g/mol. The van der Waals surface area contributed by atoms with Crippen molar-refractivity contribution in [3.8, 4) is 5.75 Å². The van der Waals surface area contributed by atoms with E-state index in [2.05, 4.69) is 0 Å². The van der Waals surface area contributed by atoms with Gasteiger partial charge in [-0.2, -0.15) is 0 Å². The third-order valence-corrected chi connectivity index (χ3v) is 3.60. The van der Waals surface area contributed by atoms with Gasteiger partial charge in [-0.25, -0.2) is 4.39 Å². The standard InChI is InChI=1S/C16H17ClFNO/c1-16(19,12-7-3-4-9-14(12)20-2)10-11-6-5-8-13(17)15(11)18/h3-9H,10,19H2,1-2H3. The van der Waals surface area contributed by atoms with E-state index >= 15 is 0 Å². The van der Waals surface area contributed by atoms with Gasteiger partial charge in [0.1, 0.15) is 11.6 Å². The van der Waals surface area contributed by atoms with Crippen LogP contribution in [-0.4, -0.2) is 7.11 Å². The van der Waals surface area contributed by atoms with Crippen LogP contribution in [0.2, 0.25) is 5.02 Å². The summed E-state index contributed by atoms with van der Waals surface area (Å²) in [4.78, 5) is 0. The second kappa shape index (κ2) is 5.81. The summed E-state index contributed by atoms with van der Waals surface area (Å²) in [6.07, 6.45) is 0.333. The molecule has 1 atom stereocenters. The number of rotatable bonds is 4. The Hall–Kier alpha value is -1.58. The fourth-order valence-electron chi connectivity index (χ4n) is 2.29. The molecular weight excluding hydrogens is 277 g/mol. The molecule has 0 aliphatic rings. The largest absolute Gasteiger partial charge is 0.496 e. The first kappa shape index (κ1) is 14.8. The molecule has 0 radical (unpaired) electrons. The van der Waals surface area contributed by atoms with E-state index in [4.69, 9.17) is 22.1 Å². The van der Waals surface area contributed by atoms with Crippen molar-refractivity contribution in [2.75, 3.05) is 7.11 Å². The van der Waals surface area contributed by atoms with Crippen LogP contribution < -0.4 is 10.5 Å². The lowest BCUT2D eigenvalue weighted by atomic mass is 9.86. The number of nitrogens with two attached hydrogens (primary N) is 1. The van der Waals surface area contributed by atoms with Crippen molar-refractivity contribution in [1.82, 2.24) is 0 Å². The zero-order valence-electron chi connectivity index (χ0n) is 11.5. The Labute approximate surface area is 123 Å². The van der Waals surface area contributed by atoms with Crippen LogP contribution in [0.3, 0.4) is 0 Å². The summed E-state index contributed by atoms with van der Waals surface area (Å²) in [5.41, 5.74) is 6.95. The van der Waals surface area contributed by atoms with Crippen molar-refractivity contribution in [2.45, 2.75) is 18.9 Å². The van der Waals surface area contributed by atoms with Gasteiger partial charge < -0.3 is 10.5 Å². The summed E-state index contributed by atoms with van der Waals surface area (Å²) in [6.45, 7) is 1.85. The maximum absolute atomic E-state index is 14.0. The smallest absolute Gasteiger partial charge is 0.145 e. The van der Waals surface area contributed by atoms with Crippen LogP contribution in [-0.2, 0) is 12.0 Å². The average molecular weight is 294 g/mol. The molecule has 2 aromatic carbocycles. The number of benzene rings is 2. The predicted molar refractivity (Wildman–Crippen MR) is 79.6 cm³/mol. The fraction of sp³-hybridized carbons (Fsp3) is 0.250. The van der Waals surface area contributed by atoms with Gasteiger partial charge in [-0.05, 0) is 31.0 Å². The van der Waals surface area contributed by atoms with Gasteiger partial charge >= 0.3 is 0 Å². The van der Waals surface area contributed by atoms with E-state index in [0.717, 1.165) is 5.56 Å². The van der Waals surface area contributed by atoms with Gasteiger partial charge in [-0.3, -0.25) is 0 Å². The second-order valence-electron chi connectivity index (χ2n) is 5.01. The second-order valence-corrected chi connectivity index (χ2v) is 5.41. The highest BCUT2D eigenvalue weighted by Gasteiger charge is 2.26. The highest BCUT2D eigenvalue weighted by Crippen LogP contribution is 2.32. The SMILES string of the molecule is COc1ccccc1C(C)(N)Cc1cccc(Cl)c1F. The van der Waals surface area contributed by atoms with Gasteiger partial charge in [-0.15, -0.1) is 0 Å². The van der Waals surface area contributed by atoms with Gasteiger partial charge in [0.25, 0.3) is 0 Å². The molecule has 0 aliphatic carbocycles. The zero-order chi connectivity index (χ0) is 14.8. The van der Waals surface area contributed by atoms with Crippen LogP contribution in [0.25, 0.3) is 0 Å². The molecule has 106 valence electrons. The van der Waals surface area contributed by atoms with E-state index in [1.807, 2.05) is 31.2 Å². The number of hydrogen-bond donors (Lipinski definition) is 1. The van der Waals surface area contributed by atoms with Crippen LogP contribution in [0.4, 0.5) is 4.39 Å². The average Bonchev–Trinajstić information content (AvgIpc) is 2.43. The summed E-state index contributed by atoms with van der Waals surface area (Å²) in [6, 6.07) is 12.4. The molecular formula is C16H17ClFNO. The van der Waals surface area contributed by atoms with Crippen molar-refractivity contribution in [3.05, 3.63) is 64.4 Å². The first-order valence-electron chi connectivity index (χ1n) is 6.31. The van der Waals surface area contributed by atoms with E-state index in [1.54, 1.807) is 19.2 Å². The topological polar surface area (TPSA) is 35.2 Å². The van der Waals surface area contributed by atoms with Crippen molar-refractivity contribution < 1.29 is 9.13 Å². The van der Waals surface area contributed by atoms with E-state index < -0.39 is 11.4 Å². The molecule has 0 saturated carbocycles. The molecule has 2 aromatic rings. The number of halogens is 2. The van der Waals surface area contributed by atoms with Crippen LogP contribution in [0, 0.1) is 5.82 Å². The van der Waals surface area contributed by atoms with Crippen LogP contribution in [0.1, 0.15) is 18.1 Å². The highest BCUT2D eigenvalue weighted by molar-refractivity contribution is 6.30. The quantitative estimate of drug-likeness (QED) is 0.928. The minimum atomic E-state index is -0.752. The molecule has 0 fully saturated rings. The molecule has 2 N–H and O–H groups in total. The lowest BCUT2D eigenvalue weighted by Crippen LogP contribution is -2.36. The van der Waals surface area contributed by atoms with E-state index in [-0.39, 0.29) is 5.02 Å². The molecule has 0 bridgehead atoms. The van der Waals surface area contributed by atoms with E-state index in [0.29, 0.717) is 17.7 Å². The third-order valence-electron chi connectivity index (χ3n) is 3.31. The Kier molecular flexibility index (Phi) is 4.31. The molecule has 0 heterocycles. The zero-order valence-corrected chi connectivity index (χ0v) is 12.2. The Balaban J connectivity index is 2.38. The van der Waals surface area contributed by atoms with Crippen LogP contribution in [0.15, 0.2) is 42.5 Å². The Morgan fingerprint density at radius 2 is 1.90 bits per heavy atom. The summed E-state index contributed by atoms with van der Waals surface area (Å²) < 4.78 is 19.3. The van der Waals surface area contributed by atoms with Crippen molar-refractivity contribution in [1.29, 1.82) is 0 Å². The molecule has 4 heteroatoms.